The number of benzene rings is 2. The SMILES string of the molecule is CC1C(=S)N(c2ccc(SC(F)(F)F)cc2)C(=O)N1Cc1ccnc2ccccc12. The molecule has 1 aliphatic rings. The molecule has 154 valence electrons. The van der Waals surface area contributed by atoms with Crippen LogP contribution in [0.2, 0.25) is 0 Å². The Morgan fingerprint density at radius 2 is 1.80 bits per heavy atom. The van der Waals surface area contributed by atoms with Gasteiger partial charge in [0.25, 0.3) is 0 Å². The van der Waals surface area contributed by atoms with Gasteiger partial charge in [-0.05, 0) is 60.6 Å². The van der Waals surface area contributed by atoms with E-state index in [-0.39, 0.29) is 28.7 Å². The molecule has 1 fully saturated rings. The molecular weight excluding hydrogens is 431 g/mol. The summed E-state index contributed by atoms with van der Waals surface area (Å²) in [5, 5.41) is 0.956. The molecule has 30 heavy (non-hydrogen) atoms. The van der Waals surface area contributed by atoms with Gasteiger partial charge in [0.15, 0.2) is 0 Å². The summed E-state index contributed by atoms with van der Waals surface area (Å²) in [6.07, 6.45) is 1.70. The Bertz CT molecular complexity index is 1110. The predicted octanol–water partition coefficient (Wildman–Crippen LogP) is 6.00. The van der Waals surface area contributed by atoms with Crippen molar-refractivity contribution in [1.82, 2.24) is 9.88 Å². The lowest BCUT2D eigenvalue weighted by Crippen LogP contribution is -2.33. The second-order valence-electron chi connectivity index (χ2n) is 6.79. The van der Waals surface area contributed by atoms with Crippen molar-refractivity contribution < 1.29 is 18.0 Å². The van der Waals surface area contributed by atoms with E-state index in [9.17, 15) is 18.0 Å². The molecule has 0 aliphatic carbocycles. The molecule has 1 unspecified atom stereocenters. The molecule has 0 saturated carbocycles. The van der Waals surface area contributed by atoms with Gasteiger partial charge in [0.1, 0.15) is 4.99 Å². The van der Waals surface area contributed by atoms with Crippen LogP contribution in [0.3, 0.4) is 0 Å². The van der Waals surface area contributed by atoms with Gasteiger partial charge in [-0.15, -0.1) is 0 Å². The lowest BCUT2D eigenvalue weighted by atomic mass is 10.1. The van der Waals surface area contributed by atoms with E-state index in [1.165, 1.54) is 29.2 Å². The van der Waals surface area contributed by atoms with Crippen molar-refractivity contribution >= 4 is 51.6 Å². The summed E-state index contributed by atoms with van der Waals surface area (Å²) in [6, 6.07) is 14.6. The number of aromatic nitrogens is 1. The third kappa shape index (κ3) is 3.99. The number of rotatable bonds is 4. The van der Waals surface area contributed by atoms with E-state index in [0.717, 1.165) is 16.5 Å². The number of carbonyl (C=O) groups is 1. The van der Waals surface area contributed by atoms with E-state index in [4.69, 9.17) is 12.2 Å². The number of hydrogen-bond donors (Lipinski definition) is 0. The molecule has 0 N–H and O–H groups in total. The van der Waals surface area contributed by atoms with Crippen molar-refractivity contribution in [2.45, 2.75) is 29.9 Å². The summed E-state index contributed by atoms with van der Waals surface area (Å²) >= 11 is 5.30. The standard InChI is InChI=1S/C21H16F3N3OS2/c1-13-19(29)27(15-6-8-16(9-7-15)30-21(22,23)24)20(28)26(13)12-14-10-11-25-18-5-3-2-4-17(14)18/h2-11,13H,12H2,1H3. The number of alkyl halides is 3. The van der Waals surface area contributed by atoms with Crippen LogP contribution < -0.4 is 4.90 Å². The largest absolute Gasteiger partial charge is 0.446 e. The van der Waals surface area contributed by atoms with Crippen LogP contribution in [-0.4, -0.2) is 32.5 Å². The maximum atomic E-state index is 13.1. The third-order valence-electron chi connectivity index (χ3n) is 4.89. The average molecular weight is 448 g/mol. The van der Waals surface area contributed by atoms with Crippen molar-refractivity contribution in [2.24, 2.45) is 0 Å². The smallest absolute Gasteiger partial charge is 0.311 e. The van der Waals surface area contributed by atoms with Gasteiger partial charge in [-0.2, -0.15) is 13.2 Å². The zero-order chi connectivity index (χ0) is 21.5. The van der Waals surface area contributed by atoms with Gasteiger partial charge in [0.05, 0.1) is 17.2 Å². The molecule has 1 atom stereocenters. The molecule has 2 amide bonds. The molecule has 0 radical (unpaired) electrons. The zero-order valence-electron chi connectivity index (χ0n) is 15.8. The normalized spacial score (nSPS) is 17.3. The fraction of sp³-hybridized carbons (Fsp3) is 0.190. The second-order valence-corrected chi connectivity index (χ2v) is 8.35. The highest BCUT2D eigenvalue weighted by Gasteiger charge is 2.40. The average Bonchev–Trinajstić information content (AvgIpc) is 2.91. The number of fused-ring (bicyclic) bond motifs is 1. The fourth-order valence-corrected chi connectivity index (χ4v) is 4.27. The Morgan fingerprint density at radius 3 is 2.50 bits per heavy atom. The van der Waals surface area contributed by atoms with Gasteiger partial charge in [-0.25, -0.2) is 4.79 Å². The predicted molar refractivity (Wildman–Crippen MR) is 116 cm³/mol. The summed E-state index contributed by atoms with van der Waals surface area (Å²) < 4.78 is 37.7. The third-order valence-corrected chi connectivity index (χ3v) is 6.15. The van der Waals surface area contributed by atoms with Crippen LogP contribution in [0.5, 0.6) is 0 Å². The van der Waals surface area contributed by atoms with E-state index in [1.807, 2.05) is 37.3 Å². The first-order valence-electron chi connectivity index (χ1n) is 9.07. The molecule has 3 aromatic rings. The lowest BCUT2D eigenvalue weighted by Gasteiger charge is -2.21. The Labute approximate surface area is 180 Å². The van der Waals surface area contributed by atoms with Gasteiger partial charge >= 0.3 is 11.5 Å². The van der Waals surface area contributed by atoms with E-state index >= 15 is 0 Å². The number of halogens is 3. The van der Waals surface area contributed by atoms with Crippen molar-refractivity contribution in [1.29, 1.82) is 0 Å². The maximum Gasteiger partial charge on any atom is 0.446 e. The molecule has 2 heterocycles. The first-order valence-corrected chi connectivity index (χ1v) is 10.3. The number of hydrogen-bond acceptors (Lipinski definition) is 4. The van der Waals surface area contributed by atoms with Crippen molar-refractivity contribution in [3.63, 3.8) is 0 Å². The van der Waals surface area contributed by atoms with Crippen LogP contribution in [0.4, 0.5) is 23.7 Å². The topological polar surface area (TPSA) is 36.4 Å². The van der Waals surface area contributed by atoms with Gasteiger partial charge in [0.2, 0.25) is 0 Å². The number of nitrogens with zero attached hydrogens (tertiary/aromatic N) is 3. The molecule has 2 aromatic carbocycles. The Kier molecular flexibility index (Phi) is 5.42. The number of amides is 2. The summed E-state index contributed by atoms with van der Waals surface area (Å²) in [4.78, 5) is 21.0. The number of anilines is 1. The molecule has 0 bridgehead atoms. The van der Waals surface area contributed by atoms with Gasteiger partial charge in [0, 0.05) is 23.0 Å². The Balaban J connectivity index is 1.59. The second kappa shape index (κ2) is 7.88. The van der Waals surface area contributed by atoms with Crippen LogP contribution >= 0.6 is 24.0 Å². The maximum absolute atomic E-state index is 13.1. The van der Waals surface area contributed by atoms with E-state index in [2.05, 4.69) is 4.98 Å². The minimum absolute atomic E-state index is 0.0528. The molecule has 4 nitrogen and oxygen atoms in total. The van der Waals surface area contributed by atoms with E-state index in [0.29, 0.717) is 17.2 Å². The quantitative estimate of drug-likeness (QED) is 0.363. The lowest BCUT2D eigenvalue weighted by molar-refractivity contribution is -0.0328. The molecule has 0 spiro atoms. The number of pyridine rings is 1. The van der Waals surface area contributed by atoms with E-state index < -0.39 is 5.51 Å². The van der Waals surface area contributed by atoms with E-state index in [1.54, 1.807) is 11.1 Å². The first kappa shape index (κ1) is 20.6. The summed E-state index contributed by atoms with van der Waals surface area (Å²) in [5.74, 6) is 0. The first-order chi connectivity index (χ1) is 14.2. The number of para-hydroxylation sites is 1. The monoisotopic (exact) mass is 447 g/mol. The van der Waals surface area contributed by atoms with Crippen LogP contribution in [0.15, 0.2) is 65.7 Å². The zero-order valence-corrected chi connectivity index (χ0v) is 17.4. The van der Waals surface area contributed by atoms with Gasteiger partial charge in [-0.1, -0.05) is 30.4 Å². The Hall–Kier alpha value is -2.65. The van der Waals surface area contributed by atoms with Crippen LogP contribution in [0.25, 0.3) is 10.9 Å². The van der Waals surface area contributed by atoms with Crippen LogP contribution in [0.1, 0.15) is 12.5 Å². The van der Waals surface area contributed by atoms with Crippen LogP contribution in [-0.2, 0) is 6.54 Å². The fourth-order valence-electron chi connectivity index (χ4n) is 3.42. The molecule has 4 rings (SSSR count). The highest BCUT2D eigenvalue weighted by molar-refractivity contribution is 8.00. The summed E-state index contributed by atoms with van der Waals surface area (Å²) in [7, 11) is 0. The highest BCUT2D eigenvalue weighted by Crippen LogP contribution is 2.38. The molecule has 1 saturated heterocycles. The van der Waals surface area contributed by atoms with Crippen molar-refractivity contribution in [3.05, 3.63) is 66.4 Å². The number of thiocarbonyl (C=S) groups is 1. The Morgan fingerprint density at radius 1 is 1.10 bits per heavy atom. The molecular formula is C21H16F3N3OS2. The van der Waals surface area contributed by atoms with Crippen molar-refractivity contribution in [2.75, 3.05) is 4.90 Å². The number of urea groups is 1. The number of carbonyl (C=O) groups excluding carboxylic acids is 1. The summed E-state index contributed by atoms with van der Waals surface area (Å²) in [5.41, 5.74) is -2.13. The highest BCUT2D eigenvalue weighted by atomic mass is 32.2. The van der Waals surface area contributed by atoms with Crippen molar-refractivity contribution in [3.8, 4) is 0 Å². The molecule has 1 aromatic heterocycles. The van der Waals surface area contributed by atoms with Gasteiger partial charge < -0.3 is 4.90 Å². The van der Waals surface area contributed by atoms with Crippen LogP contribution in [0, 0.1) is 0 Å². The van der Waals surface area contributed by atoms with Gasteiger partial charge in [-0.3, -0.25) is 9.88 Å². The summed E-state index contributed by atoms with van der Waals surface area (Å²) in [6.45, 7) is 2.19. The minimum atomic E-state index is -4.36. The minimum Gasteiger partial charge on any atom is -0.311 e. The molecule has 1 aliphatic heterocycles. The molecule has 9 heteroatoms. The number of thioether (sulfide) groups is 1.